The number of rotatable bonds is 10. The molecule has 22 heteroatoms. The summed E-state index contributed by atoms with van der Waals surface area (Å²) in [7, 11) is 1.22. The molecule has 3 aliphatic rings. The number of H-pyrrole nitrogens is 2. The van der Waals surface area contributed by atoms with Crippen LogP contribution in [0, 0.1) is 13.8 Å². The molecule has 2 unspecified atom stereocenters. The molecule has 0 radical (unpaired) electrons. The van der Waals surface area contributed by atoms with E-state index in [4.69, 9.17) is 26.2 Å². The Morgan fingerprint density at radius 1 is 0.829 bits per heavy atom. The van der Waals surface area contributed by atoms with Crippen LogP contribution < -0.4 is 38.1 Å². The molecule has 0 saturated heterocycles. The number of carbonyl (C=O) groups excluding carboxylic acids is 7. The number of hydrogen-bond donors (Lipinski definition) is 10. The second-order valence-corrected chi connectivity index (χ2v) is 17.9. The number of ether oxygens (including phenoxy) is 1. The summed E-state index contributed by atoms with van der Waals surface area (Å²) in [6, 6.07) is 2.75. The summed E-state index contributed by atoms with van der Waals surface area (Å²) in [4.78, 5) is 129. The number of aliphatic carboxylic acids is 1. The Labute approximate surface area is 403 Å². The lowest BCUT2D eigenvalue weighted by molar-refractivity contribution is -0.141. The Morgan fingerprint density at radius 2 is 1.47 bits per heavy atom. The number of nitrogens with two attached hydrogens (primary N) is 2. The molecule has 6 heterocycles. The molecule has 12 N–H and O–H groups in total. The SMILES string of the molecule is CC[C@H]1c2cc3[nH]c4c(CC(=O)OC)c5nc(cc6[nH]c(cc(n2)[C@@H]1C)c(C(C)=O)c6C)[C@@H](C)[C@@H]5CC(=O)NC(CCCN=C(N)N)C(=O)NCC(=O)NC(CC(=O)O)C(=O)NCCNC(=O)c4c3C. The number of ketones is 1. The largest absolute Gasteiger partial charge is 0.481 e. The lowest BCUT2D eigenvalue weighted by atomic mass is 9.85. The maximum Gasteiger partial charge on any atom is 0.310 e. The van der Waals surface area contributed by atoms with Crippen molar-refractivity contribution in [3.05, 3.63) is 68.8 Å². The second kappa shape index (κ2) is 22.2. The monoisotopic (exact) mass is 966 g/mol. The van der Waals surface area contributed by atoms with Crippen LogP contribution in [0.15, 0.2) is 23.2 Å². The third kappa shape index (κ3) is 11.6. The number of carboxylic acid groups (broad SMARTS) is 1. The van der Waals surface area contributed by atoms with Crippen LogP contribution in [0.1, 0.15) is 144 Å². The number of aromatic nitrogens is 4. The van der Waals surface area contributed by atoms with E-state index in [-0.39, 0.29) is 84.8 Å². The Kier molecular flexibility index (Phi) is 16.4. The lowest BCUT2D eigenvalue weighted by Crippen LogP contribution is -2.53. The third-order valence-electron chi connectivity index (χ3n) is 13.2. The summed E-state index contributed by atoms with van der Waals surface area (Å²) in [6.07, 6.45) is -0.565. The number of aliphatic imine (C=N–C) groups is 1. The minimum absolute atomic E-state index is 0.0115. The topological polar surface area (TPSA) is 348 Å². The number of nitrogens with zero attached hydrogens (tertiary/aromatic N) is 3. The molecule has 6 atom stereocenters. The molecule has 374 valence electrons. The molecule has 22 nitrogen and oxygen atoms in total. The Hall–Kier alpha value is -7.65. The first-order chi connectivity index (χ1) is 33.2. The highest BCUT2D eigenvalue weighted by atomic mass is 16.5. The van der Waals surface area contributed by atoms with Gasteiger partial charge >= 0.3 is 11.9 Å². The van der Waals surface area contributed by atoms with Gasteiger partial charge in [0.1, 0.15) is 12.1 Å². The number of hydrogen-bond acceptors (Lipinski definition) is 12. The number of methoxy groups -OCH3 is 1. The van der Waals surface area contributed by atoms with Crippen LogP contribution in [0.2, 0.25) is 0 Å². The van der Waals surface area contributed by atoms with E-state index >= 15 is 0 Å². The molecule has 0 spiro atoms. The van der Waals surface area contributed by atoms with Crippen molar-refractivity contribution in [2.75, 3.05) is 33.3 Å². The third-order valence-corrected chi connectivity index (χ3v) is 13.2. The number of amides is 5. The highest BCUT2D eigenvalue weighted by Crippen LogP contribution is 2.43. The van der Waals surface area contributed by atoms with Gasteiger partial charge in [-0.2, -0.15) is 0 Å². The average Bonchev–Trinajstić information content (AvgIpc) is 3.99. The van der Waals surface area contributed by atoms with Gasteiger partial charge in [-0.25, -0.2) is 0 Å². The zero-order valence-corrected chi connectivity index (χ0v) is 40.4. The van der Waals surface area contributed by atoms with Gasteiger partial charge in [0.05, 0.1) is 48.8 Å². The van der Waals surface area contributed by atoms with E-state index in [2.05, 4.69) is 48.5 Å². The van der Waals surface area contributed by atoms with E-state index < -0.39 is 84.8 Å². The molecule has 0 saturated carbocycles. The van der Waals surface area contributed by atoms with E-state index in [0.717, 1.165) is 5.69 Å². The van der Waals surface area contributed by atoms with Crippen LogP contribution in [0.25, 0.3) is 22.1 Å². The fourth-order valence-corrected chi connectivity index (χ4v) is 9.45. The fraction of sp³-hybridized carbons (Fsp3) is 0.479. The van der Waals surface area contributed by atoms with E-state index in [0.29, 0.717) is 51.0 Å². The second-order valence-electron chi connectivity index (χ2n) is 17.9. The van der Waals surface area contributed by atoms with Crippen molar-refractivity contribution in [3.8, 4) is 0 Å². The predicted octanol–water partition coefficient (Wildman–Crippen LogP) is 1.90. The average molecular weight is 967 g/mol. The van der Waals surface area contributed by atoms with Gasteiger partial charge in [0.2, 0.25) is 23.6 Å². The van der Waals surface area contributed by atoms with Gasteiger partial charge < -0.3 is 57.9 Å². The van der Waals surface area contributed by atoms with Crippen molar-refractivity contribution in [1.29, 1.82) is 0 Å². The molecule has 5 amide bonds. The minimum Gasteiger partial charge on any atom is -0.481 e. The quantitative estimate of drug-likeness (QED) is 0.0456. The van der Waals surface area contributed by atoms with E-state index in [9.17, 15) is 43.5 Å². The number of carboxylic acids is 1. The Morgan fingerprint density at radius 3 is 2.14 bits per heavy atom. The predicted molar refractivity (Wildman–Crippen MR) is 258 cm³/mol. The van der Waals surface area contributed by atoms with Gasteiger partial charge in [0, 0.05) is 89.0 Å². The highest BCUT2D eigenvalue weighted by molar-refractivity contribution is 6.07. The van der Waals surface area contributed by atoms with Gasteiger partial charge in [-0.15, -0.1) is 0 Å². The molecule has 70 heavy (non-hydrogen) atoms. The van der Waals surface area contributed by atoms with Crippen molar-refractivity contribution in [1.82, 2.24) is 46.5 Å². The highest BCUT2D eigenvalue weighted by Gasteiger charge is 2.37. The van der Waals surface area contributed by atoms with Gasteiger partial charge in [-0.3, -0.25) is 53.3 Å². The number of aromatic amines is 2. The minimum atomic E-state index is -1.55. The van der Waals surface area contributed by atoms with Gasteiger partial charge in [0.25, 0.3) is 5.91 Å². The van der Waals surface area contributed by atoms with Crippen LogP contribution in [0.5, 0.6) is 0 Å². The number of aryl methyl sites for hydroxylation is 2. The Balaban J connectivity index is 1.65. The molecule has 0 aromatic carbocycles. The fourth-order valence-electron chi connectivity index (χ4n) is 9.45. The van der Waals surface area contributed by atoms with E-state index in [1.54, 1.807) is 13.0 Å². The summed E-state index contributed by atoms with van der Waals surface area (Å²) in [5.74, 6) is -7.64. The number of Topliss-reactive ketones (excluding diaryl/α,β-unsaturated/α-hetero) is 1. The molecule has 6 rings (SSSR count). The number of nitrogens with one attached hydrogen (secondary N) is 7. The first-order valence-electron chi connectivity index (χ1n) is 23.3. The molecule has 3 aromatic heterocycles. The van der Waals surface area contributed by atoms with Crippen molar-refractivity contribution < 1.29 is 48.2 Å². The zero-order chi connectivity index (χ0) is 51.1. The van der Waals surface area contributed by atoms with Gasteiger partial charge in [-0.1, -0.05) is 20.8 Å². The molecule has 3 aromatic rings. The molecule has 0 fully saturated rings. The maximum absolute atomic E-state index is 14.6. The van der Waals surface area contributed by atoms with Crippen molar-refractivity contribution >= 4 is 75.3 Å². The smallest absolute Gasteiger partial charge is 0.310 e. The number of esters is 1. The molecular formula is C48H62N12O10. The summed E-state index contributed by atoms with van der Waals surface area (Å²) < 4.78 is 5.22. The zero-order valence-electron chi connectivity index (χ0n) is 40.4. The first-order valence-corrected chi connectivity index (χ1v) is 23.3. The number of fused-ring (bicyclic) bond motifs is 6. The van der Waals surface area contributed by atoms with Crippen LogP contribution >= 0.6 is 0 Å². The van der Waals surface area contributed by atoms with Crippen molar-refractivity contribution in [2.45, 2.75) is 116 Å². The summed E-state index contributed by atoms with van der Waals surface area (Å²) in [5.41, 5.74) is 17.1. The molecule has 8 bridgehead atoms. The van der Waals surface area contributed by atoms with Gasteiger partial charge in [0.15, 0.2) is 11.7 Å². The van der Waals surface area contributed by atoms with Crippen molar-refractivity contribution in [2.24, 2.45) is 16.5 Å². The Bertz CT molecular complexity index is 2810. The van der Waals surface area contributed by atoms with Crippen molar-refractivity contribution in [3.63, 3.8) is 0 Å². The molecule has 3 aliphatic heterocycles. The molecule has 0 aliphatic carbocycles. The van der Waals surface area contributed by atoms with Gasteiger partial charge in [-0.05, 0) is 69.4 Å². The van der Waals surface area contributed by atoms with Crippen LogP contribution in [0.3, 0.4) is 0 Å². The summed E-state index contributed by atoms with van der Waals surface area (Å²) >= 11 is 0. The van der Waals surface area contributed by atoms with Crippen LogP contribution in [-0.2, 0) is 39.9 Å². The normalized spacial score (nSPS) is 21.4. The summed E-state index contributed by atoms with van der Waals surface area (Å²) in [6.45, 7) is 10.1. The summed E-state index contributed by atoms with van der Waals surface area (Å²) in [5, 5.41) is 22.5. The van der Waals surface area contributed by atoms with E-state index in [1.807, 2.05) is 32.9 Å². The van der Waals surface area contributed by atoms with E-state index in [1.165, 1.54) is 14.0 Å². The van der Waals surface area contributed by atoms with Crippen LogP contribution in [-0.4, -0.2) is 124 Å². The number of carbonyl (C=O) groups is 8. The first kappa shape index (κ1) is 51.7. The standard InChI is InChI=1S/C48H62N12O10/c1-8-26-21(2)30-18-35-41(25(6)61)23(4)32(56-35)16-31-22(3)27-14-37(62)57-29(10-9-11-53-48(49)50)45(67)54-20-38(63)58-36(19-39(64)65)46(68)51-12-13-52-47(69)42-24(5)33(17-34(26)55-30)60-44(42)28(43(27)59-31)15-40(66)70-7/h16-18,21-22,26-27,29,36,56,60H,8-15,19-20H2,1-7H3,(H,51,68)(H,52,69)(H,54,67)(H,57,62)(H,58,63)(H,64,65)(H4,49,50,53)/t21-,22+,26-,27+,29?,36?/m1/s1. The van der Waals surface area contributed by atoms with Crippen LogP contribution in [0.4, 0.5) is 0 Å². The lowest BCUT2D eigenvalue weighted by Gasteiger charge is -2.22. The maximum atomic E-state index is 14.6. The number of guanidine groups is 1. The molecular weight excluding hydrogens is 905 g/mol.